The molecule has 0 aliphatic heterocycles. The standard InChI is InChI=1S/C20H23F2N5O/c1-13-6-4-5-7-14(13)20(8-9-20)19-23-18(28-25-19)15-12-16(17(21)22)27(24-15)11-10-26(2)3/h4-7,12,17H,8-11H2,1-3H3. The van der Waals surface area contributed by atoms with Gasteiger partial charge in [0.2, 0.25) is 0 Å². The van der Waals surface area contributed by atoms with Crippen LogP contribution in [-0.2, 0) is 12.0 Å². The minimum absolute atomic E-state index is 0.142. The first kappa shape index (κ1) is 18.7. The molecule has 0 bridgehead atoms. The largest absolute Gasteiger partial charge is 0.332 e. The Kier molecular flexibility index (Phi) is 4.74. The molecule has 3 aromatic rings. The maximum absolute atomic E-state index is 13.4. The Labute approximate surface area is 162 Å². The Morgan fingerprint density at radius 1 is 1.25 bits per heavy atom. The fraction of sp³-hybridized carbons (Fsp3) is 0.450. The molecular formula is C20H23F2N5O. The van der Waals surface area contributed by atoms with Crippen molar-refractivity contribution in [2.75, 3.05) is 20.6 Å². The summed E-state index contributed by atoms with van der Waals surface area (Å²) in [7, 11) is 3.77. The van der Waals surface area contributed by atoms with Crippen molar-refractivity contribution in [2.45, 2.75) is 38.2 Å². The van der Waals surface area contributed by atoms with Crippen LogP contribution in [0.15, 0.2) is 34.9 Å². The molecule has 0 unspecified atom stereocenters. The van der Waals surface area contributed by atoms with E-state index in [9.17, 15) is 8.78 Å². The average molecular weight is 387 g/mol. The van der Waals surface area contributed by atoms with Crippen LogP contribution in [0.2, 0.25) is 0 Å². The molecule has 1 aliphatic rings. The van der Waals surface area contributed by atoms with E-state index in [1.54, 1.807) is 0 Å². The molecule has 0 amide bonds. The zero-order valence-corrected chi connectivity index (χ0v) is 16.2. The molecule has 28 heavy (non-hydrogen) atoms. The Bertz CT molecular complexity index is 975. The number of aromatic nitrogens is 4. The van der Waals surface area contributed by atoms with Gasteiger partial charge in [-0.3, -0.25) is 4.68 Å². The molecule has 0 atom stereocenters. The second kappa shape index (κ2) is 7.09. The van der Waals surface area contributed by atoms with E-state index in [-0.39, 0.29) is 22.7 Å². The molecule has 0 saturated heterocycles. The molecule has 2 heterocycles. The van der Waals surface area contributed by atoms with E-state index >= 15 is 0 Å². The summed E-state index contributed by atoms with van der Waals surface area (Å²) in [5.74, 6) is 0.776. The quantitative estimate of drug-likeness (QED) is 0.617. The summed E-state index contributed by atoms with van der Waals surface area (Å²) in [6.45, 7) is 3.03. The SMILES string of the molecule is Cc1ccccc1C1(c2noc(-c3cc(C(F)F)n(CCN(C)C)n3)n2)CC1. The summed E-state index contributed by atoms with van der Waals surface area (Å²) in [5.41, 5.74) is 2.27. The maximum Gasteiger partial charge on any atom is 0.280 e. The number of hydrogen-bond acceptors (Lipinski definition) is 5. The zero-order valence-electron chi connectivity index (χ0n) is 16.2. The van der Waals surface area contributed by atoms with Crippen LogP contribution in [0.3, 0.4) is 0 Å². The molecule has 4 rings (SSSR count). The van der Waals surface area contributed by atoms with Gasteiger partial charge in [0.25, 0.3) is 12.3 Å². The Hall–Kier alpha value is -2.61. The molecule has 0 N–H and O–H groups in total. The molecule has 0 spiro atoms. The van der Waals surface area contributed by atoms with Crippen molar-refractivity contribution in [3.05, 3.63) is 53.0 Å². The van der Waals surface area contributed by atoms with Crippen molar-refractivity contribution in [1.29, 1.82) is 0 Å². The Balaban J connectivity index is 1.65. The first-order chi connectivity index (χ1) is 13.4. The molecule has 1 aliphatic carbocycles. The second-order valence-electron chi connectivity index (χ2n) is 7.60. The van der Waals surface area contributed by atoms with E-state index in [4.69, 9.17) is 4.52 Å². The van der Waals surface area contributed by atoms with Gasteiger partial charge < -0.3 is 9.42 Å². The highest BCUT2D eigenvalue weighted by Crippen LogP contribution is 2.53. The van der Waals surface area contributed by atoms with Crippen LogP contribution in [-0.4, -0.2) is 45.5 Å². The van der Waals surface area contributed by atoms with Gasteiger partial charge >= 0.3 is 0 Å². The zero-order chi connectivity index (χ0) is 19.9. The molecule has 1 aromatic carbocycles. The van der Waals surface area contributed by atoms with Crippen LogP contribution in [0.4, 0.5) is 8.78 Å². The van der Waals surface area contributed by atoms with Gasteiger partial charge in [0, 0.05) is 6.54 Å². The molecule has 1 saturated carbocycles. The third-order valence-electron chi connectivity index (χ3n) is 5.28. The van der Waals surface area contributed by atoms with Gasteiger partial charge in [0.15, 0.2) is 11.5 Å². The molecule has 2 aromatic heterocycles. The van der Waals surface area contributed by atoms with Gasteiger partial charge in [-0.25, -0.2) is 8.78 Å². The predicted octanol–water partition coefficient (Wildman–Crippen LogP) is 3.82. The maximum atomic E-state index is 13.4. The Morgan fingerprint density at radius 2 is 2.00 bits per heavy atom. The number of aryl methyl sites for hydroxylation is 1. The van der Waals surface area contributed by atoms with Gasteiger partial charge in [0.05, 0.1) is 12.0 Å². The summed E-state index contributed by atoms with van der Waals surface area (Å²) in [6, 6.07) is 9.50. The van der Waals surface area contributed by atoms with Crippen molar-refractivity contribution in [3.63, 3.8) is 0 Å². The van der Waals surface area contributed by atoms with Gasteiger partial charge in [0.1, 0.15) is 5.69 Å². The fourth-order valence-electron chi connectivity index (χ4n) is 3.56. The second-order valence-corrected chi connectivity index (χ2v) is 7.60. The van der Waals surface area contributed by atoms with Crippen LogP contribution in [0.5, 0.6) is 0 Å². The normalized spacial score (nSPS) is 15.5. The van der Waals surface area contributed by atoms with Crippen molar-refractivity contribution >= 4 is 0 Å². The molecule has 6 nitrogen and oxygen atoms in total. The first-order valence-corrected chi connectivity index (χ1v) is 9.32. The van der Waals surface area contributed by atoms with E-state index in [1.807, 2.05) is 31.1 Å². The first-order valence-electron chi connectivity index (χ1n) is 9.32. The highest BCUT2D eigenvalue weighted by molar-refractivity contribution is 5.50. The van der Waals surface area contributed by atoms with E-state index < -0.39 is 6.43 Å². The Morgan fingerprint density at radius 3 is 2.64 bits per heavy atom. The summed E-state index contributed by atoms with van der Waals surface area (Å²) in [6.07, 6.45) is -0.736. The third kappa shape index (κ3) is 3.32. The third-order valence-corrected chi connectivity index (χ3v) is 5.28. The lowest BCUT2D eigenvalue weighted by molar-refractivity contribution is 0.138. The van der Waals surface area contributed by atoms with Gasteiger partial charge in [-0.05, 0) is 51.1 Å². The molecule has 1 fully saturated rings. The van der Waals surface area contributed by atoms with E-state index in [2.05, 4.69) is 34.3 Å². The van der Waals surface area contributed by atoms with E-state index in [0.717, 1.165) is 12.8 Å². The fourth-order valence-corrected chi connectivity index (χ4v) is 3.56. The van der Waals surface area contributed by atoms with Crippen LogP contribution < -0.4 is 0 Å². The number of rotatable bonds is 7. The van der Waals surface area contributed by atoms with Crippen molar-refractivity contribution in [3.8, 4) is 11.6 Å². The minimum atomic E-state index is -2.62. The number of nitrogens with zero attached hydrogens (tertiary/aromatic N) is 5. The number of alkyl halides is 2. The number of benzene rings is 1. The predicted molar refractivity (Wildman–Crippen MR) is 100 cm³/mol. The van der Waals surface area contributed by atoms with Crippen LogP contribution >= 0.6 is 0 Å². The van der Waals surface area contributed by atoms with Crippen molar-refractivity contribution in [1.82, 2.24) is 24.8 Å². The highest BCUT2D eigenvalue weighted by Gasteiger charge is 2.50. The lowest BCUT2D eigenvalue weighted by Crippen LogP contribution is -2.20. The number of likely N-dealkylation sites (N-methyl/N-ethyl adjacent to an activating group) is 1. The summed E-state index contributed by atoms with van der Waals surface area (Å²) in [4.78, 5) is 6.45. The topological polar surface area (TPSA) is 60.0 Å². The van der Waals surface area contributed by atoms with Crippen molar-refractivity contribution in [2.24, 2.45) is 0 Å². The summed E-state index contributed by atoms with van der Waals surface area (Å²) < 4.78 is 33.6. The number of hydrogen-bond donors (Lipinski definition) is 0. The van der Waals surface area contributed by atoms with Crippen LogP contribution in [0.1, 0.15) is 41.9 Å². The molecule has 0 radical (unpaired) electrons. The molecule has 148 valence electrons. The van der Waals surface area contributed by atoms with Crippen LogP contribution in [0, 0.1) is 6.92 Å². The average Bonchev–Trinajstić information content (AvgIpc) is 3.12. The van der Waals surface area contributed by atoms with Gasteiger partial charge in [-0.1, -0.05) is 29.4 Å². The van der Waals surface area contributed by atoms with E-state index in [0.29, 0.717) is 18.9 Å². The lowest BCUT2D eigenvalue weighted by atomic mass is 9.91. The number of halogens is 2. The highest BCUT2D eigenvalue weighted by atomic mass is 19.3. The smallest absolute Gasteiger partial charge is 0.280 e. The monoisotopic (exact) mass is 387 g/mol. The minimum Gasteiger partial charge on any atom is -0.332 e. The molecule has 8 heteroatoms. The summed E-state index contributed by atoms with van der Waals surface area (Å²) >= 11 is 0. The summed E-state index contributed by atoms with van der Waals surface area (Å²) in [5, 5.41) is 8.46. The van der Waals surface area contributed by atoms with Crippen LogP contribution in [0.25, 0.3) is 11.6 Å². The van der Waals surface area contributed by atoms with Gasteiger partial charge in [-0.2, -0.15) is 10.1 Å². The molecular weight excluding hydrogens is 364 g/mol. The van der Waals surface area contributed by atoms with Crippen molar-refractivity contribution < 1.29 is 13.3 Å². The lowest BCUT2D eigenvalue weighted by Gasteiger charge is -2.13. The van der Waals surface area contributed by atoms with Gasteiger partial charge in [-0.15, -0.1) is 0 Å². The van der Waals surface area contributed by atoms with E-state index in [1.165, 1.54) is 21.9 Å².